The van der Waals surface area contributed by atoms with Crippen LogP contribution in [0.25, 0.3) is 10.9 Å². The Morgan fingerprint density at radius 1 is 1.29 bits per heavy atom. The molecule has 0 amide bonds. The van der Waals surface area contributed by atoms with E-state index >= 15 is 0 Å². The highest BCUT2D eigenvalue weighted by atomic mass is 16.5. The minimum absolute atomic E-state index is 0.221. The maximum absolute atomic E-state index is 12.3. The van der Waals surface area contributed by atoms with E-state index in [0.717, 1.165) is 22.9 Å². The van der Waals surface area contributed by atoms with Crippen molar-refractivity contribution in [2.75, 3.05) is 6.61 Å². The smallest absolute Gasteiger partial charge is 0.327 e. The van der Waals surface area contributed by atoms with E-state index in [-0.39, 0.29) is 12.0 Å². The average Bonchev–Trinajstić information content (AvgIpc) is 2.52. The van der Waals surface area contributed by atoms with Gasteiger partial charge in [-0.15, -0.1) is 0 Å². The Labute approximate surface area is 125 Å². The molecule has 2 rings (SSSR count). The first-order chi connectivity index (χ1) is 10.2. The van der Waals surface area contributed by atoms with Crippen LogP contribution in [-0.2, 0) is 9.53 Å². The number of para-hydroxylation sites is 1. The molecule has 0 bridgehead atoms. The Balaban J connectivity index is 2.44. The van der Waals surface area contributed by atoms with Gasteiger partial charge in [0, 0.05) is 23.2 Å². The average molecular weight is 286 g/mol. The van der Waals surface area contributed by atoms with E-state index in [1.807, 2.05) is 37.3 Å². The lowest BCUT2D eigenvalue weighted by molar-refractivity contribution is -0.146. The molecule has 0 aliphatic carbocycles. The van der Waals surface area contributed by atoms with E-state index in [2.05, 4.69) is 24.1 Å². The molecule has 0 radical (unpaired) electrons. The maximum Gasteiger partial charge on any atom is 0.327 e. The van der Waals surface area contributed by atoms with Gasteiger partial charge in [0.25, 0.3) is 0 Å². The number of rotatable bonds is 6. The topological polar surface area (TPSA) is 51.2 Å². The van der Waals surface area contributed by atoms with Crippen LogP contribution in [0.2, 0.25) is 0 Å². The number of ether oxygens (including phenoxy) is 1. The number of carbonyl (C=O) groups is 1. The molecule has 112 valence electrons. The minimum atomic E-state index is -0.488. The van der Waals surface area contributed by atoms with E-state index in [1.54, 1.807) is 6.20 Å². The third kappa shape index (κ3) is 3.58. The van der Waals surface area contributed by atoms with Crippen molar-refractivity contribution >= 4 is 16.9 Å². The summed E-state index contributed by atoms with van der Waals surface area (Å²) in [6, 6.07) is 9.51. The molecule has 1 N–H and O–H groups in total. The van der Waals surface area contributed by atoms with E-state index in [1.165, 1.54) is 0 Å². The molecule has 21 heavy (non-hydrogen) atoms. The van der Waals surface area contributed by atoms with Crippen LogP contribution >= 0.6 is 0 Å². The van der Waals surface area contributed by atoms with Gasteiger partial charge in [-0.3, -0.25) is 10.3 Å². The molecule has 4 nitrogen and oxygen atoms in total. The summed E-state index contributed by atoms with van der Waals surface area (Å²) in [5.74, 6) is -0.254. The molecule has 2 aromatic rings. The number of esters is 1. The van der Waals surface area contributed by atoms with Crippen LogP contribution in [0.3, 0.4) is 0 Å². The number of pyridine rings is 1. The molecule has 2 unspecified atom stereocenters. The number of nitrogens with zero attached hydrogens (tertiary/aromatic N) is 1. The van der Waals surface area contributed by atoms with Gasteiger partial charge >= 0.3 is 5.97 Å². The first-order valence-electron chi connectivity index (χ1n) is 7.43. The standard InChI is InChI=1S/C17H22N2O2/c1-4-12(3)19-16(17(20)21-5-2)14-10-6-8-13-9-7-11-18-15(13)14/h6-12,16,19H,4-5H2,1-3H3. The summed E-state index contributed by atoms with van der Waals surface area (Å²) in [6.07, 6.45) is 2.69. The number of hydrogen-bond acceptors (Lipinski definition) is 4. The van der Waals surface area contributed by atoms with Gasteiger partial charge in [0.2, 0.25) is 0 Å². The lowest BCUT2D eigenvalue weighted by Gasteiger charge is -2.22. The van der Waals surface area contributed by atoms with Crippen LogP contribution in [0.5, 0.6) is 0 Å². The molecule has 1 aromatic carbocycles. The molecule has 0 saturated heterocycles. The van der Waals surface area contributed by atoms with Crippen molar-refractivity contribution in [1.29, 1.82) is 0 Å². The molecule has 2 atom stereocenters. The Kier molecular flexibility index (Phi) is 5.28. The summed E-state index contributed by atoms with van der Waals surface area (Å²) in [7, 11) is 0. The van der Waals surface area contributed by atoms with Crippen LogP contribution in [0.15, 0.2) is 36.5 Å². The maximum atomic E-state index is 12.3. The van der Waals surface area contributed by atoms with Crippen molar-refractivity contribution in [2.45, 2.75) is 39.3 Å². The first-order valence-corrected chi connectivity index (χ1v) is 7.43. The van der Waals surface area contributed by atoms with Gasteiger partial charge in [-0.2, -0.15) is 0 Å². The molecular weight excluding hydrogens is 264 g/mol. The van der Waals surface area contributed by atoms with Gasteiger partial charge in [0.05, 0.1) is 12.1 Å². The number of fused-ring (bicyclic) bond motifs is 1. The number of nitrogens with one attached hydrogen (secondary N) is 1. The van der Waals surface area contributed by atoms with Gasteiger partial charge in [-0.1, -0.05) is 31.2 Å². The fraction of sp³-hybridized carbons (Fsp3) is 0.412. The molecule has 0 saturated carbocycles. The van der Waals surface area contributed by atoms with Crippen molar-refractivity contribution in [1.82, 2.24) is 10.3 Å². The minimum Gasteiger partial charge on any atom is -0.465 e. The summed E-state index contributed by atoms with van der Waals surface area (Å²) in [5.41, 5.74) is 1.71. The zero-order valence-electron chi connectivity index (χ0n) is 12.8. The SMILES string of the molecule is CCOC(=O)C(NC(C)CC)c1cccc2cccnc12. The third-order valence-electron chi connectivity index (χ3n) is 3.56. The van der Waals surface area contributed by atoms with Crippen molar-refractivity contribution in [3.8, 4) is 0 Å². The summed E-state index contributed by atoms with van der Waals surface area (Å²) in [5, 5.41) is 4.37. The molecule has 1 aromatic heterocycles. The van der Waals surface area contributed by atoms with Gasteiger partial charge in [-0.05, 0) is 26.3 Å². The molecule has 0 aliphatic heterocycles. The summed E-state index contributed by atoms with van der Waals surface area (Å²) >= 11 is 0. The molecule has 0 spiro atoms. The quantitative estimate of drug-likeness (QED) is 0.828. The van der Waals surface area contributed by atoms with E-state index in [4.69, 9.17) is 4.74 Å². The molecule has 4 heteroatoms. The predicted molar refractivity (Wildman–Crippen MR) is 84.0 cm³/mol. The number of carbonyl (C=O) groups excluding carboxylic acids is 1. The highest BCUT2D eigenvalue weighted by Crippen LogP contribution is 2.24. The zero-order chi connectivity index (χ0) is 15.2. The fourth-order valence-electron chi connectivity index (χ4n) is 2.27. The molecule has 1 heterocycles. The Hall–Kier alpha value is -1.94. The largest absolute Gasteiger partial charge is 0.465 e. The van der Waals surface area contributed by atoms with Crippen LogP contribution in [0.1, 0.15) is 38.8 Å². The summed E-state index contributed by atoms with van der Waals surface area (Å²) in [6.45, 7) is 6.33. The van der Waals surface area contributed by atoms with Gasteiger partial charge in [-0.25, -0.2) is 4.79 Å². The highest BCUT2D eigenvalue weighted by molar-refractivity contribution is 5.88. The molecular formula is C17H22N2O2. The number of hydrogen-bond donors (Lipinski definition) is 1. The second-order valence-corrected chi connectivity index (χ2v) is 5.08. The van der Waals surface area contributed by atoms with E-state index in [9.17, 15) is 4.79 Å². The highest BCUT2D eigenvalue weighted by Gasteiger charge is 2.25. The van der Waals surface area contributed by atoms with E-state index < -0.39 is 6.04 Å². The monoisotopic (exact) mass is 286 g/mol. The van der Waals surface area contributed by atoms with Crippen molar-refractivity contribution < 1.29 is 9.53 Å². The van der Waals surface area contributed by atoms with Crippen LogP contribution in [-0.4, -0.2) is 23.6 Å². The second-order valence-electron chi connectivity index (χ2n) is 5.08. The predicted octanol–water partition coefficient (Wildman–Crippen LogP) is 3.23. The molecule has 0 aliphatic rings. The van der Waals surface area contributed by atoms with Gasteiger partial charge < -0.3 is 4.74 Å². The summed E-state index contributed by atoms with van der Waals surface area (Å²) < 4.78 is 5.22. The Bertz CT molecular complexity index is 607. The summed E-state index contributed by atoms with van der Waals surface area (Å²) in [4.78, 5) is 16.8. The first kappa shape index (κ1) is 15.4. The lowest BCUT2D eigenvalue weighted by atomic mass is 10.0. The molecule has 0 fully saturated rings. The van der Waals surface area contributed by atoms with Gasteiger partial charge in [0.15, 0.2) is 0 Å². The number of benzene rings is 1. The fourth-order valence-corrected chi connectivity index (χ4v) is 2.27. The van der Waals surface area contributed by atoms with Crippen LogP contribution < -0.4 is 5.32 Å². The van der Waals surface area contributed by atoms with Gasteiger partial charge in [0.1, 0.15) is 6.04 Å². The van der Waals surface area contributed by atoms with Crippen LogP contribution in [0, 0.1) is 0 Å². The van der Waals surface area contributed by atoms with Crippen molar-refractivity contribution in [2.24, 2.45) is 0 Å². The normalized spacial score (nSPS) is 13.9. The zero-order valence-corrected chi connectivity index (χ0v) is 12.8. The van der Waals surface area contributed by atoms with Crippen LogP contribution in [0.4, 0.5) is 0 Å². The van der Waals surface area contributed by atoms with Crippen molar-refractivity contribution in [3.63, 3.8) is 0 Å². The van der Waals surface area contributed by atoms with E-state index in [0.29, 0.717) is 6.61 Å². The number of aromatic nitrogens is 1. The third-order valence-corrected chi connectivity index (χ3v) is 3.56. The van der Waals surface area contributed by atoms with Crippen molar-refractivity contribution in [3.05, 3.63) is 42.1 Å². The Morgan fingerprint density at radius 2 is 2.05 bits per heavy atom. The lowest BCUT2D eigenvalue weighted by Crippen LogP contribution is -2.36. The Morgan fingerprint density at radius 3 is 2.76 bits per heavy atom. The second kappa shape index (κ2) is 7.18.